The number of hydrogen-bond acceptors (Lipinski definition) is 5. The van der Waals surface area contributed by atoms with Crippen LogP contribution >= 0.6 is 11.6 Å². The quantitative estimate of drug-likeness (QED) is 0.547. The topological polar surface area (TPSA) is 61.2 Å². The van der Waals surface area contributed by atoms with Gasteiger partial charge in [0.25, 0.3) is 0 Å². The van der Waals surface area contributed by atoms with Crippen molar-refractivity contribution < 1.29 is 9.47 Å². The number of morpholine rings is 1. The van der Waals surface area contributed by atoms with E-state index in [0.717, 1.165) is 59.8 Å². The van der Waals surface area contributed by atoms with Gasteiger partial charge in [-0.15, -0.1) is 0 Å². The van der Waals surface area contributed by atoms with Gasteiger partial charge < -0.3 is 14.8 Å². The van der Waals surface area contributed by atoms with Crippen molar-refractivity contribution in [3.8, 4) is 11.6 Å². The fourth-order valence-corrected chi connectivity index (χ4v) is 3.41. The molecule has 5 rings (SSSR count). The standard InChI is InChI=1S/C18H14ClN3O.C4H9NO/c1-2-23-13-7-8-16-15(10-13)20-11-22(16)17-9-6-12-4-3-5-14(19)18(12)21-17;1-3-6-4-2-5-1/h3-11H,2H2,1H3;5H,1-4H2. The molecule has 1 N–H and O–H groups in total. The zero-order valence-electron chi connectivity index (χ0n) is 16.3. The number of rotatable bonds is 3. The number of nitrogens with zero attached hydrogens (tertiary/aromatic N) is 3. The Balaban J connectivity index is 0.000000294. The average molecular weight is 411 g/mol. The molecule has 0 spiro atoms. The Hall–Kier alpha value is -2.67. The van der Waals surface area contributed by atoms with Gasteiger partial charge in [0.1, 0.15) is 17.9 Å². The molecule has 7 heteroatoms. The molecule has 0 bridgehead atoms. The largest absolute Gasteiger partial charge is 0.494 e. The fraction of sp³-hybridized carbons (Fsp3) is 0.273. The highest BCUT2D eigenvalue weighted by molar-refractivity contribution is 6.35. The Bertz CT molecular complexity index is 1100. The van der Waals surface area contributed by atoms with Crippen molar-refractivity contribution in [3.05, 3.63) is 59.9 Å². The smallest absolute Gasteiger partial charge is 0.139 e. The monoisotopic (exact) mass is 410 g/mol. The summed E-state index contributed by atoms with van der Waals surface area (Å²) in [5, 5.41) is 4.82. The highest BCUT2D eigenvalue weighted by Gasteiger charge is 2.09. The predicted octanol–water partition coefficient (Wildman–Crippen LogP) is 4.23. The first kappa shape index (κ1) is 19.6. The first-order valence-corrected chi connectivity index (χ1v) is 10.1. The van der Waals surface area contributed by atoms with E-state index >= 15 is 0 Å². The SMILES string of the molecule is C1COCCN1.CCOc1ccc2c(c1)ncn2-c1ccc2cccc(Cl)c2n1. The molecule has 6 nitrogen and oxygen atoms in total. The first-order valence-electron chi connectivity index (χ1n) is 9.70. The highest BCUT2D eigenvalue weighted by atomic mass is 35.5. The molecule has 150 valence electrons. The van der Waals surface area contributed by atoms with Crippen LogP contribution in [0.3, 0.4) is 0 Å². The molecule has 29 heavy (non-hydrogen) atoms. The number of nitrogens with one attached hydrogen (secondary N) is 1. The summed E-state index contributed by atoms with van der Waals surface area (Å²) >= 11 is 6.26. The second kappa shape index (κ2) is 9.22. The van der Waals surface area contributed by atoms with Crippen LogP contribution < -0.4 is 10.1 Å². The summed E-state index contributed by atoms with van der Waals surface area (Å²) in [5.74, 6) is 1.61. The maximum atomic E-state index is 6.26. The molecule has 0 saturated carbocycles. The number of halogens is 1. The van der Waals surface area contributed by atoms with Gasteiger partial charge >= 0.3 is 0 Å². The number of benzene rings is 2. The van der Waals surface area contributed by atoms with E-state index in [-0.39, 0.29) is 0 Å². The van der Waals surface area contributed by atoms with Crippen molar-refractivity contribution in [1.82, 2.24) is 19.9 Å². The van der Waals surface area contributed by atoms with Crippen molar-refractivity contribution in [2.75, 3.05) is 32.9 Å². The summed E-state index contributed by atoms with van der Waals surface area (Å²) in [6.45, 7) is 6.43. The summed E-state index contributed by atoms with van der Waals surface area (Å²) in [6.07, 6.45) is 1.77. The number of hydrogen-bond donors (Lipinski definition) is 1. The molecular weight excluding hydrogens is 388 g/mol. The summed E-state index contributed by atoms with van der Waals surface area (Å²) in [7, 11) is 0. The Morgan fingerprint density at radius 2 is 2.00 bits per heavy atom. The lowest BCUT2D eigenvalue weighted by Gasteiger charge is -2.10. The molecule has 0 amide bonds. The van der Waals surface area contributed by atoms with Crippen LogP contribution in [-0.2, 0) is 4.74 Å². The van der Waals surface area contributed by atoms with Crippen LogP contribution in [0.1, 0.15) is 6.92 Å². The molecule has 1 saturated heterocycles. The van der Waals surface area contributed by atoms with Gasteiger partial charge in [0, 0.05) is 24.5 Å². The van der Waals surface area contributed by atoms with Crippen molar-refractivity contribution in [2.24, 2.45) is 0 Å². The maximum Gasteiger partial charge on any atom is 0.139 e. The number of pyridine rings is 1. The maximum absolute atomic E-state index is 6.26. The zero-order valence-corrected chi connectivity index (χ0v) is 17.0. The van der Waals surface area contributed by atoms with E-state index in [9.17, 15) is 0 Å². The molecule has 0 unspecified atom stereocenters. The van der Waals surface area contributed by atoms with E-state index in [1.807, 2.05) is 60.0 Å². The third kappa shape index (κ3) is 4.50. The van der Waals surface area contributed by atoms with Gasteiger partial charge in [-0.05, 0) is 37.3 Å². The van der Waals surface area contributed by atoms with Gasteiger partial charge in [0.2, 0.25) is 0 Å². The minimum absolute atomic E-state index is 0.636. The number of imidazole rings is 1. The third-order valence-electron chi connectivity index (χ3n) is 4.58. The lowest BCUT2D eigenvalue weighted by molar-refractivity contribution is 0.109. The third-order valence-corrected chi connectivity index (χ3v) is 4.88. The van der Waals surface area contributed by atoms with Crippen molar-refractivity contribution in [1.29, 1.82) is 0 Å². The van der Waals surface area contributed by atoms with E-state index in [2.05, 4.69) is 15.3 Å². The minimum Gasteiger partial charge on any atom is -0.494 e. The van der Waals surface area contributed by atoms with Crippen LogP contribution in [0.15, 0.2) is 54.9 Å². The molecule has 0 atom stereocenters. The molecule has 1 aliphatic rings. The van der Waals surface area contributed by atoms with Gasteiger partial charge in [-0.2, -0.15) is 0 Å². The summed E-state index contributed by atoms with van der Waals surface area (Å²) < 4.78 is 12.5. The molecule has 2 aromatic carbocycles. The van der Waals surface area contributed by atoms with Crippen molar-refractivity contribution in [3.63, 3.8) is 0 Å². The van der Waals surface area contributed by atoms with Crippen molar-refractivity contribution in [2.45, 2.75) is 6.92 Å². The summed E-state index contributed by atoms with van der Waals surface area (Å²) in [4.78, 5) is 9.14. The Morgan fingerprint density at radius 1 is 1.14 bits per heavy atom. The Kier molecular flexibility index (Phi) is 6.24. The predicted molar refractivity (Wildman–Crippen MR) is 116 cm³/mol. The van der Waals surface area contributed by atoms with E-state index in [1.54, 1.807) is 6.33 Å². The number of aromatic nitrogens is 3. The molecule has 0 aliphatic carbocycles. The molecule has 1 fully saturated rings. The van der Waals surface area contributed by atoms with Gasteiger partial charge in [-0.3, -0.25) is 4.57 Å². The number of para-hydroxylation sites is 1. The van der Waals surface area contributed by atoms with E-state index in [4.69, 9.17) is 21.1 Å². The Morgan fingerprint density at radius 3 is 2.72 bits per heavy atom. The van der Waals surface area contributed by atoms with Gasteiger partial charge in [0.15, 0.2) is 0 Å². The van der Waals surface area contributed by atoms with Crippen LogP contribution in [0.5, 0.6) is 5.75 Å². The number of ether oxygens (including phenoxy) is 2. The van der Waals surface area contributed by atoms with E-state index in [0.29, 0.717) is 11.6 Å². The molecule has 0 radical (unpaired) electrons. The highest BCUT2D eigenvalue weighted by Crippen LogP contribution is 2.25. The molecule has 1 aliphatic heterocycles. The summed E-state index contributed by atoms with van der Waals surface area (Å²) in [6, 6.07) is 15.6. The van der Waals surface area contributed by atoms with Gasteiger partial charge in [0.05, 0.1) is 41.4 Å². The average Bonchev–Trinajstić information content (AvgIpc) is 3.19. The van der Waals surface area contributed by atoms with Crippen LogP contribution in [0.25, 0.3) is 27.8 Å². The molecular formula is C22H23ClN4O2. The molecule has 4 aromatic rings. The van der Waals surface area contributed by atoms with Crippen LogP contribution in [0.4, 0.5) is 0 Å². The second-order valence-electron chi connectivity index (χ2n) is 6.54. The lowest BCUT2D eigenvalue weighted by atomic mass is 10.2. The first-order chi connectivity index (χ1) is 14.3. The molecule has 3 heterocycles. The second-order valence-corrected chi connectivity index (χ2v) is 6.95. The molecule has 2 aromatic heterocycles. The normalized spacial score (nSPS) is 13.9. The zero-order chi connectivity index (χ0) is 20.1. The fourth-order valence-electron chi connectivity index (χ4n) is 3.18. The van der Waals surface area contributed by atoms with Gasteiger partial charge in [-0.1, -0.05) is 23.7 Å². The van der Waals surface area contributed by atoms with Crippen LogP contribution in [0, 0.1) is 0 Å². The van der Waals surface area contributed by atoms with Crippen LogP contribution in [-0.4, -0.2) is 47.4 Å². The summed E-state index contributed by atoms with van der Waals surface area (Å²) in [5.41, 5.74) is 2.64. The minimum atomic E-state index is 0.636. The van der Waals surface area contributed by atoms with E-state index < -0.39 is 0 Å². The van der Waals surface area contributed by atoms with Gasteiger partial charge in [-0.25, -0.2) is 9.97 Å². The Labute approximate surface area is 174 Å². The van der Waals surface area contributed by atoms with E-state index in [1.165, 1.54) is 0 Å². The van der Waals surface area contributed by atoms with Crippen molar-refractivity contribution >= 4 is 33.5 Å². The number of fused-ring (bicyclic) bond motifs is 2. The van der Waals surface area contributed by atoms with Crippen LogP contribution in [0.2, 0.25) is 5.02 Å². The lowest BCUT2D eigenvalue weighted by Crippen LogP contribution is -2.30.